The average Bonchev–Trinajstić information content (AvgIpc) is 3.36. The Labute approximate surface area is 182 Å². The summed E-state index contributed by atoms with van der Waals surface area (Å²) in [6, 6.07) is 11.6. The number of carbonyl (C=O) groups excluding carboxylic acids is 1. The van der Waals surface area contributed by atoms with Crippen LogP contribution < -0.4 is 5.32 Å². The van der Waals surface area contributed by atoms with E-state index in [4.69, 9.17) is 9.79 Å². The maximum atomic E-state index is 13.8. The summed E-state index contributed by atoms with van der Waals surface area (Å²) in [6.07, 6.45) is 1.63. The summed E-state index contributed by atoms with van der Waals surface area (Å²) in [7, 11) is -2.86. The summed E-state index contributed by atoms with van der Waals surface area (Å²) in [5, 5.41) is 8.98. The second kappa shape index (κ2) is 8.79. The van der Waals surface area contributed by atoms with Gasteiger partial charge in [0.05, 0.1) is 18.2 Å². The molecule has 0 radical (unpaired) electrons. The molecule has 3 N–H and O–H groups in total. The van der Waals surface area contributed by atoms with Crippen molar-refractivity contribution >= 4 is 31.0 Å². The molecule has 0 fully saturated rings. The van der Waals surface area contributed by atoms with Crippen molar-refractivity contribution < 1.29 is 28.1 Å². The molecule has 168 valence electrons. The highest BCUT2D eigenvalue weighted by Gasteiger charge is 2.24. The number of hydrazone groups is 1. The first-order chi connectivity index (χ1) is 15.2. The van der Waals surface area contributed by atoms with Crippen molar-refractivity contribution in [2.75, 3.05) is 13.3 Å². The van der Waals surface area contributed by atoms with Gasteiger partial charge in [0.1, 0.15) is 23.9 Å². The summed E-state index contributed by atoms with van der Waals surface area (Å²) >= 11 is 0. The molecule has 1 amide bonds. The number of nitrogens with one attached hydrogen (secondary N) is 1. The molecule has 0 aliphatic carbocycles. The monoisotopic (exact) mass is 461 g/mol. The summed E-state index contributed by atoms with van der Waals surface area (Å²) in [5.74, 6) is -0.930. The van der Waals surface area contributed by atoms with Gasteiger partial charge in [-0.15, -0.1) is 0 Å². The highest BCUT2D eigenvalue weighted by atomic mass is 31.2. The molecule has 0 bridgehead atoms. The third-order valence-corrected chi connectivity index (χ3v) is 5.55. The number of phosphoric acid groups is 1. The quantitative estimate of drug-likeness (QED) is 0.460. The van der Waals surface area contributed by atoms with E-state index in [0.717, 1.165) is 5.39 Å². The summed E-state index contributed by atoms with van der Waals surface area (Å²) in [6.45, 7) is 0.0751. The Hall–Kier alpha value is -3.11. The van der Waals surface area contributed by atoms with E-state index in [9.17, 15) is 13.8 Å². The zero-order valence-electron chi connectivity index (χ0n) is 17.1. The molecule has 10 nitrogen and oxygen atoms in total. The molecule has 12 heteroatoms. The number of amides is 1. The number of nitrogens with zero attached hydrogens (tertiary/aromatic N) is 4. The number of pyridine rings is 1. The summed E-state index contributed by atoms with van der Waals surface area (Å²) in [5.41, 5.74) is 2.07. The zero-order chi connectivity index (χ0) is 22.9. The molecule has 1 unspecified atom stereocenters. The fourth-order valence-electron chi connectivity index (χ4n) is 3.44. The minimum Gasteiger partial charge on any atom is -0.347 e. The Kier molecular flexibility index (Phi) is 6.07. The largest absolute Gasteiger partial charge is 0.471 e. The number of hydrogen-bond donors (Lipinski definition) is 3. The van der Waals surface area contributed by atoms with Gasteiger partial charge in [0, 0.05) is 30.8 Å². The van der Waals surface area contributed by atoms with E-state index < -0.39 is 7.82 Å². The minimum atomic E-state index is -4.58. The lowest BCUT2D eigenvalue weighted by Crippen LogP contribution is -2.25. The Balaban J connectivity index is 1.47. The smallest absolute Gasteiger partial charge is 0.347 e. The van der Waals surface area contributed by atoms with E-state index in [0.29, 0.717) is 29.1 Å². The fourth-order valence-corrected chi connectivity index (χ4v) is 3.72. The second-order valence-electron chi connectivity index (χ2n) is 7.32. The number of aryl methyl sites for hydroxylation is 1. The Morgan fingerprint density at radius 1 is 1.31 bits per heavy atom. The van der Waals surface area contributed by atoms with Gasteiger partial charge in [0.2, 0.25) is 0 Å². The van der Waals surface area contributed by atoms with Crippen LogP contribution in [0.4, 0.5) is 4.39 Å². The van der Waals surface area contributed by atoms with E-state index in [-0.39, 0.29) is 30.9 Å². The number of fused-ring (bicyclic) bond motifs is 1. The third kappa shape index (κ3) is 4.86. The van der Waals surface area contributed by atoms with Crippen LogP contribution in [0.5, 0.6) is 0 Å². The molecule has 1 aromatic carbocycles. The summed E-state index contributed by atoms with van der Waals surface area (Å²) in [4.78, 5) is 35.0. The van der Waals surface area contributed by atoms with Crippen LogP contribution in [-0.4, -0.2) is 49.7 Å². The van der Waals surface area contributed by atoms with Crippen molar-refractivity contribution in [3.63, 3.8) is 0 Å². The zero-order valence-corrected chi connectivity index (χ0v) is 17.9. The lowest BCUT2D eigenvalue weighted by atomic mass is 10.1. The van der Waals surface area contributed by atoms with Gasteiger partial charge >= 0.3 is 7.82 Å². The van der Waals surface area contributed by atoms with Gasteiger partial charge in [-0.3, -0.25) is 14.3 Å². The van der Waals surface area contributed by atoms with Crippen molar-refractivity contribution in [1.29, 1.82) is 0 Å². The maximum Gasteiger partial charge on any atom is 0.471 e. The number of benzene rings is 1. The van der Waals surface area contributed by atoms with Crippen LogP contribution in [0.15, 0.2) is 47.6 Å². The van der Waals surface area contributed by atoms with Crippen molar-refractivity contribution in [2.45, 2.75) is 12.5 Å². The molecular weight excluding hydrogens is 440 g/mol. The van der Waals surface area contributed by atoms with E-state index in [1.54, 1.807) is 42.1 Å². The number of halogens is 1. The van der Waals surface area contributed by atoms with Crippen LogP contribution >= 0.6 is 7.82 Å². The molecule has 1 aliphatic heterocycles. The maximum absolute atomic E-state index is 13.8. The lowest BCUT2D eigenvalue weighted by molar-refractivity contribution is 0.0941. The minimum absolute atomic E-state index is 0.0662. The van der Waals surface area contributed by atoms with Crippen molar-refractivity contribution in [1.82, 2.24) is 19.9 Å². The number of hydrogen-bond acceptors (Lipinski definition) is 6. The molecule has 3 heterocycles. The van der Waals surface area contributed by atoms with Crippen LogP contribution in [0.2, 0.25) is 0 Å². The SMILES string of the molecule is Cn1c(C(=O)NCc2ccccc2F)cc2ccc(C3C=NN(COP(=O)(O)O)C3)nc21. The number of aromatic nitrogens is 2. The van der Waals surface area contributed by atoms with Gasteiger partial charge in [-0.2, -0.15) is 5.10 Å². The molecule has 4 rings (SSSR count). The number of phosphoric ester groups is 1. The Morgan fingerprint density at radius 3 is 2.84 bits per heavy atom. The topological polar surface area (TPSA) is 129 Å². The van der Waals surface area contributed by atoms with Gasteiger partial charge in [0.25, 0.3) is 5.91 Å². The molecule has 32 heavy (non-hydrogen) atoms. The number of rotatable bonds is 7. The average molecular weight is 461 g/mol. The Morgan fingerprint density at radius 2 is 2.09 bits per heavy atom. The predicted molar refractivity (Wildman–Crippen MR) is 114 cm³/mol. The molecule has 3 aromatic rings. The van der Waals surface area contributed by atoms with Gasteiger partial charge in [-0.25, -0.2) is 13.9 Å². The predicted octanol–water partition coefficient (Wildman–Crippen LogP) is 2.09. The third-order valence-electron chi connectivity index (χ3n) is 5.10. The highest BCUT2D eigenvalue weighted by molar-refractivity contribution is 7.46. The normalized spacial score (nSPS) is 16.1. The van der Waals surface area contributed by atoms with E-state index in [1.165, 1.54) is 11.1 Å². The van der Waals surface area contributed by atoms with Gasteiger partial charge in [-0.1, -0.05) is 18.2 Å². The molecule has 0 spiro atoms. The molecule has 1 atom stereocenters. The molecule has 0 saturated carbocycles. The summed E-state index contributed by atoms with van der Waals surface area (Å²) < 4.78 is 30.8. The van der Waals surface area contributed by atoms with Gasteiger partial charge in [-0.05, 0) is 24.3 Å². The van der Waals surface area contributed by atoms with Crippen LogP contribution in [0.3, 0.4) is 0 Å². The van der Waals surface area contributed by atoms with Crippen molar-refractivity contribution in [3.05, 3.63) is 65.2 Å². The standard InChI is InChI=1S/C20H21FN5O5P/c1-25-18(20(27)22-9-14-4-2-3-5-16(14)21)8-13-6-7-17(24-19(13)25)15-10-23-26(11-15)12-31-32(28,29)30/h2-8,10,15H,9,11-12H2,1H3,(H,22,27)(H2,28,29,30). The van der Waals surface area contributed by atoms with Crippen LogP contribution in [0.1, 0.15) is 27.7 Å². The van der Waals surface area contributed by atoms with E-state index >= 15 is 0 Å². The first-order valence-electron chi connectivity index (χ1n) is 9.68. The molecule has 1 aliphatic rings. The highest BCUT2D eigenvalue weighted by Crippen LogP contribution is 2.36. The van der Waals surface area contributed by atoms with Gasteiger partial charge in [0.15, 0.2) is 0 Å². The molecular formula is C20H21FN5O5P. The van der Waals surface area contributed by atoms with Crippen LogP contribution in [0.25, 0.3) is 11.0 Å². The number of carbonyl (C=O) groups is 1. The Bertz CT molecular complexity index is 1240. The van der Waals surface area contributed by atoms with Crippen molar-refractivity contribution in [2.24, 2.45) is 12.1 Å². The van der Waals surface area contributed by atoms with E-state index in [1.807, 2.05) is 12.1 Å². The first-order valence-corrected chi connectivity index (χ1v) is 11.2. The fraction of sp³-hybridized carbons (Fsp3) is 0.250. The first kappa shape index (κ1) is 22.1. The van der Waals surface area contributed by atoms with Crippen molar-refractivity contribution in [3.8, 4) is 0 Å². The second-order valence-corrected chi connectivity index (χ2v) is 8.56. The molecule has 2 aromatic heterocycles. The van der Waals surface area contributed by atoms with Crippen LogP contribution in [-0.2, 0) is 22.7 Å². The lowest BCUT2D eigenvalue weighted by Gasteiger charge is -2.16. The van der Waals surface area contributed by atoms with Crippen LogP contribution in [0, 0.1) is 5.82 Å². The van der Waals surface area contributed by atoms with Gasteiger partial charge < -0.3 is 19.7 Å². The van der Waals surface area contributed by atoms with E-state index in [2.05, 4.69) is 19.9 Å². The molecule has 0 saturated heterocycles.